The van der Waals surface area contributed by atoms with Crippen molar-refractivity contribution in [3.63, 3.8) is 0 Å². The quantitative estimate of drug-likeness (QED) is 0.255. The van der Waals surface area contributed by atoms with Crippen molar-refractivity contribution < 1.29 is 19.0 Å². The first-order chi connectivity index (χ1) is 17.2. The van der Waals surface area contributed by atoms with Gasteiger partial charge in [-0.25, -0.2) is 0 Å². The van der Waals surface area contributed by atoms with Crippen LogP contribution in [-0.2, 0) is 0 Å². The summed E-state index contributed by atoms with van der Waals surface area (Å²) in [5.74, 6) is 1.93. The number of unbranched alkanes of at least 4 members (excludes halogenated alkanes) is 5. The van der Waals surface area contributed by atoms with Gasteiger partial charge in [0.25, 0.3) is 0 Å². The van der Waals surface area contributed by atoms with Crippen LogP contribution in [0.5, 0.6) is 17.6 Å². The number of oxazole rings is 1. The number of fused-ring (bicyclic) bond motifs is 1. The molecule has 1 atom stereocenters. The zero-order valence-electron chi connectivity index (χ0n) is 21.0. The minimum Gasteiger partial charge on any atom is -0.492 e. The summed E-state index contributed by atoms with van der Waals surface area (Å²) in [6.07, 6.45) is 10.9. The fraction of sp³-hybridized carbons (Fsp3) is 0.552. The Balaban J connectivity index is 1.10. The van der Waals surface area contributed by atoms with Gasteiger partial charge in [0.15, 0.2) is 5.58 Å². The Hall–Kier alpha value is -2.57. The second-order valence-electron chi connectivity index (χ2n) is 9.67. The van der Waals surface area contributed by atoms with E-state index in [0.717, 1.165) is 56.6 Å². The summed E-state index contributed by atoms with van der Waals surface area (Å²) in [4.78, 5) is 6.78. The van der Waals surface area contributed by atoms with E-state index in [1.807, 2.05) is 48.5 Å². The number of aromatic nitrogens is 1. The number of likely N-dealkylation sites (tertiary alicyclic amines) is 1. The van der Waals surface area contributed by atoms with Gasteiger partial charge >= 0.3 is 6.08 Å². The van der Waals surface area contributed by atoms with Gasteiger partial charge in [0.2, 0.25) is 0 Å². The number of nitrogens with zero attached hydrogens (tertiary/aromatic N) is 2. The fourth-order valence-electron chi connectivity index (χ4n) is 4.82. The van der Waals surface area contributed by atoms with Crippen molar-refractivity contribution in [3.8, 4) is 17.6 Å². The molecular weight excluding hydrogens is 440 g/mol. The number of hydrogen-bond donors (Lipinski definition) is 1. The van der Waals surface area contributed by atoms with Crippen molar-refractivity contribution in [3.05, 3.63) is 48.5 Å². The van der Waals surface area contributed by atoms with Gasteiger partial charge in [0.1, 0.15) is 23.6 Å². The largest absolute Gasteiger partial charge is 0.492 e. The van der Waals surface area contributed by atoms with Gasteiger partial charge in [0.05, 0.1) is 6.10 Å². The van der Waals surface area contributed by atoms with Crippen molar-refractivity contribution in [1.82, 2.24) is 9.88 Å². The summed E-state index contributed by atoms with van der Waals surface area (Å²) in [6, 6.07) is 15.1. The van der Waals surface area contributed by atoms with Crippen LogP contribution < -0.4 is 9.47 Å². The molecule has 0 aliphatic carbocycles. The topological polar surface area (TPSA) is 68.0 Å². The summed E-state index contributed by atoms with van der Waals surface area (Å²) in [6.45, 7) is 5.88. The maximum Gasteiger partial charge on any atom is 0.400 e. The number of para-hydroxylation sites is 2. The Morgan fingerprint density at radius 2 is 1.69 bits per heavy atom. The van der Waals surface area contributed by atoms with Crippen molar-refractivity contribution >= 4 is 11.1 Å². The minimum absolute atomic E-state index is 0.130. The molecule has 1 unspecified atom stereocenters. The molecule has 35 heavy (non-hydrogen) atoms. The molecule has 6 nitrogen and oxygen atoms in total. The van der Waals surface area contributed by atoms with Gasteiger partial charge in [-0.3, -0.25) is 4.90 Å². The first-order valence-electron chi connectivity index (χ1n) is 13.4. The molecule has 3 aromatic rings. The number of aliphatic hydroxyl groups excluding tert-OH is 1. The van der Waals surface area contributed by atoms with E-state index in [1.165, 1.54) is 32.1 Å². The molecule has 0 bridgehead atoms. The number of rotatable bonds is 14. The molecule has 190 valence electrons. The van der Waals surface area contributed by atoms with Crippen LogP contribution in [0.3, 0.4) is 0 Å². The SMILES string of the molecule is CCCCCCCCC(O)C1CCN(CCOc2ccc(Oc3nc4ccccc4o3)cc2)CC1. The van der Waals surface area contributed by atoms with Crippen LogP contribution >= 0.6 is 0 Å². The lowest BCUT2D eigenvalue weighted by Gasteiger charge is -2.34. The van der Waals surface area contributed by atoms with Crippen LogP contribution in [-0.4, -0.2) is 47.3 Å². The molecule has 0 amide bonds. The van der Waals surface area contributed by atoms with E-state index >= 15 is 0 Å². The van der Waals surface area contributed by atoms with Gasteiger partial charge in [-0.05, 0) is 74.7 Å². The summed E-state index contributed by atoms with van der Waals surface area (Å²) < 4.78 is 17.3. The Morgan fingerprint density at radius 3 is 2.46 bits per heavy atom. The first-order valence-corrected chi connectivity index (χ1v) is 13.4. The van der Waals surface area contributed by atoms with Crippen LogP contribution in [0, 0.1) is 5.92 Å². The Labute approximate surface area is 209 Å². The van der Waals surface area contributed by atoms with Crippen LogP contribution in [0.2, 0.25) is 0 Å². The zero-order chi connectivity index (χ0) is 24.3. The lowest BCUT2D eigenvalue weighted by Crippen LogP contribution is -2.39. The number of hydrogen-bond acceptors (Lipinski definition) is 6. The van der Waals surface area contributed by atoms with E-state index in [-0.39, 0.29) is 12.2 Å². The first kappa shape index (κ1) is 25.5. The highest BCUT2D eigenvalue weighted by Crippen LogP contribution is 2.27. The second kappa shape index (κ2) is 13.5. The molecule has 1 aromatic heterocycles. The molecule has 1 aliphatic rings. The van der Waals surface area contributed by atoms with Crippen molar-refractivity contribution in [2.75, 3.05) is 26.2 Å². The molecule has 4 rings (SSSR count). The summed E-state index contributed by atoms with van der Waals surface area (Å²) in [7, 11) is 0. The molecule has 1 saturated heterocycles. The summed E-state index contributed by atoms with van der Waals surface area (Å²) in [5.41, 5.74) is 1.48. The predicted octanol–water partition coefficient (Wildman–Crippen LogP) is 6.82. The number of aliphatic hydroxyl groups is 1. The minimum atomic E-state index is -0.130. The van der Waals surface area contributed by atoms with Crippen LogP contribution in [0.4, 0.5) is 0 Å². The van der Waals surface area contributed by atoms with E-state index in [0.29, 0.717) is 23.9 Å². The Bertz CT molecular complexity index is 962. The molecule has 1 fully saturated rings. The highest BCUT2D eigenvalue weighted by atomic mass is 16.6. The maximum absolute atomic E-state index is 10.6. The van der Waals surface area contributed by atoms with E-state index < -0.39 is 0 Å². The Kier molecular flexibility index (Phi) is 9.84. The summed E-state index contributed by atoms with van der Waals surface area (Å²) in [5, 5.41) is 10.6. The van der Waals surface area contributed by atoms with Gasteiger partial charge in [-0.2, -0.15) is 4.98 Å². The van der Waals surface area contributed by atoms with Crippen LogP contribution in [0.15, 0.2) is 52.9 Å². The molecular formula is C29H40N2O4. The third-order valence-electron chi connectivity index (χ3n) is 7.01. The van der Waals surface area contributed by atoms with Crippen LogP contribution in [0.1, 0.15) is 64.7 Å². The number of ether oxygens (including phenoxy) is 2. The van der Waals surface area contributed by atoms with Gasteiger partial charge in [-0.1, -0.05) is 57.6 Å². The van der Waals surface area contributed by atoms with Crippen molar-refractivity contribution in [2.24, 2.45) is 5.92 Å². The van der Waals surface area contributed by atoms with E-state index in [1.54, 1.807) is 0 Å². The molecule has 2 aromatic carbocycles. The molecule has 0 spiro atoms. The van der Waals surface area contributed by atoms with Gasteiger partial charge in [0, 0.05) is 6.54 Å². The molecule has 0 saturated carbocycles. The molecule has 6 heteroatoms. The molecule has 1 aliphatic heterocycles. The van der Waals surface area contributed by atoms with Crippen molar-refractivity contribution in [1.29, 1.82) is 0 Å². The molecule has 0 radical (unpaired) electrons. The predicted molar refractivity (Wildman–Crippen MR) is 139 cm³/mol. The van der Waals surface area contributed by atoms with Crippen LogP contribution in [0.25, 0.3) is 11.1 Å². The third kappa shape index (κ3) is 7.97. The molecule has 2 heterocycles. The van der Waals surface area contributed by atoms with E-state index in [9.17, 15) is 5.11 Å². The van der Waals surface area contributed by atoms with E-state index in [2.05, 4.69) is 16.8 Å². The number of piperidine rings is 1. The lowest BCUT2D eigenvalue weighted by atomic mass is 9.88. The van der Waals surface area contributed by atoms with E-state index in [4.69, 9.17) is 13.9 Å². The maximum atomic E-state index is 10.6. The monoisotopic (exact) mass is 480 g/mol. The van der Waals surface area contributed by atoms with Gasteiger partial charge in [-0.15, -0.1) is 0 Å². The zero-order valence-corrected chi connectivity index (χ0v) is 21.0. The third-order valence-corrected chi connectivity index (χ3v) is 7.01. The summed E-state index contributed by atoms with van der Waals surface area (Å²) >= 11 is 0. The second-order valence-corrected chi connectivity index (χ2v) is 9.67. The average Bonchev–Trinajstić information content (AvgIpc) is 3.30. The molecule has 1 N–H and O–H groups in total. The standard InChI is InChI=1S/C29H40N2O4/c1-2-3-4-5-6-7-11-27(32)23-17-19-31(20-18-23)21-22-33-24-13-15-25(16-14-24)34-29-30-26-10-8-9-12-28(26)35-29/h8-10,12-16,23,27,32H,2-7,11,17-22H2,1H3. The number of benzene rings is 2. The highest BCUT2D eigenvalue weighted by molar-refractivity contribution is 5.72. The normalized spacial score (nSPS) is 15.9. The Morgan fingerprint density at radius 1 is 0.971 bits per heavy atom. The smallest absolute Gasteiger partial charge is 0.400 e. The van der Waals surface area contributed by atoms with Crippen molar-refractivity contribution in [2.45, 2.75) is 70.8 Å². The highest BCUT2D eigenvalue weighted by Gasteiger charge is 2.24. The van der Waals surface area contributed by atoms with Gasteiger partial charge < -0.3 is 19.0 Å². The lowest BCUT2D eigenvalue weighted by molar-refractivity contribution is 0.0485. The average molecular weight is 481 g/mol. The fourth-order valence-corrected chi connectivity index (χ4v) is 4.82.